The maximum Gasteiger partial charge on any atom is 0.115 e. The maximum atomic E-state index is 9.54. The minimum atomic E-state index is 0.394. The Morgan fingerprint density at radius 3 is 2.00 bits per heavy atom. The van der Waals surface area contributed by atoms with Crippen molar-refractivity contribution >= 4 is 0 Å². The Bertz CT molecular complexity index is 497. The average Bonchev–Trinajstić information content (AvgIpc) is 2.24. The van der Waals surface area contributed by atoms with Crippen molar-refractivity contribution in [2.45, 2.75) is 57.8 Å². The smallest absolute Gasteiger partial charge is 0.115 e. The van der Waals surface area contributed by atoms with Gasteiger partial charge in [0.25, 0.3) is 0 Å². The normalized spacial score (nSPS) is 47.6. The van der Waals surface area contributed by atoms with E-state index in [4.69, 9.17) is 0 Å². The standard InChI is InChI=1S/C18H24O/c1-16-7-13-8-17(2,10-16)12-18(9-13,11-16)14-3-5-15(19)6-4-14/h3-6,13,19H,7-12H2,1-2H3/t13?,16-,17+,18?. The number of hydrogen-bond donors (Lipinski definition) is 1. The highest BCUT2D eigenvalue weighted by Gasteiger charge is 2.60. The molecule has 0 saturated heterocycles. The average molecular weight is 256 g/mol. The van der Waals surface area contributed by atoms with Gasteiger partial charge >= 0.3 is 0 Å². The zero-order chi connectivity index (χ0) is 13.3. The van der Waals surface area contributed by atoms with E-state index in [1.165, 1.54) is 44.1 Å². The van der Waals surface area contributed by atoms with E-state index in [1.807, 2.05) is 12.1 Å². The minimum absolute atomic E-state index is 0.394. The van der Waals surface area contributed by atoms with Gasteiger partial charge in [0.1, 0.15) is 5.75 Å². The maximum absolute atomic E-state index is 9.54. The first-order valence-corrected chi connectivity index (χ1v) is 7.70. The van der Waals surface area contributed by atoms with Gasteiger partial charge in [-0.15, -0.1) is 0 Å². The van der Waals surface area contributed by atoms with E-state index in [9.17, 15) is 5.11 Å². The van der Waals surface area contributed by atoms with Crippen molar-refractivity contribution in [1.29, 1.82) is 0 Å². The molecule has 4 bridgehead atoms. The largest absolute Gasteiger partial charge is 0.508 e. The number of rotatable bonds is 1. The van der Waals surface area contributed by atoms with Gasteiger partial charge in [0.2, 0.25) is 0 Å². The molecule has 0 radical (unpaired) electrons. The lowest BCUT2D eigenvalue weighted by Crippen LogP contribution is -2.56. The highest BCUT2D eigenvalue weighted by atomic mass is 16.3. The van der Waals surface area contributed by atoms with Crippen LogP contribution in [0.2, 0.25) is 0 Å². The number of phenols is 1. The molecule has 1 aromatic carbocycles. The van der Waals surface area contributed by atoms with Gasteiger partial charge in [0.05, 0.1) is 0 Å². The molecule has 0 aromatic heterocycles. The summed E-state index contributed by atoms with van der Waals surface area (Å²) in [6, 6.07) is 8.10. The molecule has 102 valence electrons. The summed E-state index contributed by atoms with van der Waals surface area (Å²) < 4.78 is 0. The number of benzene rings is 1. The lowest BCUT2D eigenvalue weighted by molar-refractivity contribution is -0.110. The van der Waals surface area contributed by atoms with Gasteiger partial charge in [-0.05, 0) is 78.4 Å². The van der Waals surface area contributed by atoms with Crippen LogP contribution in [0.3, 0.4) is 0 Å². The van der Waals surface area contributed by atoms with E-state index in [1.54, 1.807) is 0 Å². The summed E-state index contributed by atoms with van der Waals surface area (Å²) in [5.41, 5.74) is 3.00. The fraction of sp³-hybridized carbons (Fsp3) is 0.667. The molecule has 19 heavy (non-hydrogen) atoms. The SMILES string of the molecule is C[C@]12CC3CC(c4ccc(O)cc4)(C1)C[C@@](C)(C3)C2. The molecule has 1 aromatic rings. The summed E-state index contributed by atoms with van der Waals surface area (Å²) in [4.78, 5) is 0. The molecule has 0 heterocycles. The first kappa shape index (κ1) is 11.8. The molecule has 1 nitrogen and oxygen atoms in total. The third-order valence-electron chi connectivity index (χ3n) is 6.11. The van der Waals surface area contributed by atoms with Crippen molar-refractivity contribution in [3.05, 3.63) is 29.8 Å². The van der Waals surface area contributed by atoms with Crippen LogP contribution in [-0.2, 0) is 5.41 Å². The Labute approximate surface area is 116 Å². The van der Waals surface area contributed by atoms with E-state index in [2.05, 4.69) is 26.0 Å². The fourth-order valence-electron chi connectivity index (χ4n) is 6.58. The molecule has 0 aliphatic heterocycles. The summed E-state index contributed by atoms with van der Waals surface area (Å²) >= 11 is 0. The van der Waals surface area contributed by atoms with Gasteiger partial charge in [-0.1, -0.05) is 26.0 Å². The Morgan fingerprint density at radius 2 is 1.47 bits per heavy atom. The molecular weight excluding hydrogens is 232 g/mol. The Balaban J connectivity index is 1.80. The number of phenolic OH excluding ortho intramolecular Hbond substituents is 1. The van der Waals surface area contributed by atoms with Gasteiger partial charge in [-0.25, -0.2) is 0 Å². The van der Waals surface area contributed by atoms with Gasteiger partial charge in [-0.2, -0.15) is 0 Å². The zero-order valence-electron chi connectivity index (χ0n) is 12.1. The zero-order valence-corrected chi connectivity index (χ0v) is 12.1. The van der Waals surface area contributed by atoms with Crippen molar-refractivity contribution in [3.8, 4) is 5.75 Å². The van der Waals surface area contributed by atoms with Crippen LogP contribution in [-0.4, -0.2) is 5.11 Å². The quantitative estimate of drug-likeness (QED) is 0.776. The first-order valence-electron chi connectivity index (χ1n) is 7.70. The highest BCUT2D eigenvalue weighted by molar-refractivity contribution is 5.35. The molecule has 0 spiro atoms. The third-order valence-corrected chi connectivity index (χ3v) is 6.11. The lowest BCUT2D eigenvalue weighted by Gasteiger charge is -2.65. The van der Waals surface area contributed by atoms with Crippen molar-refractivity contribution in [2.24, 2.45) is 16.7 Å². The van der Waals surface area contributed by atoms with Crippen molar-refractivity contribution < 1.29 is 5.11 Å². The topological polar surface area (TPSA) is 20.2 Å². The number of aromatic hydroxyl groups is 1. The molecule has 4 saturated carbocycles. The van der Waals surface area contributed by atoms with Crippen LogP contribution >= 0.6 is 0 Å². The Morgan fingerprint density at radius 1 is 0.895 bits per heavy atom. The summed E-state index contributed by atoms with van der Waals surface area (Å²) in [6.07, 6.45) is 8.41. The van der Waals surface area contributed by atoms with E-state index < -0.39 is 0 Å². The Kier molecular flexibility index (Phi) is 2.09. The van der Waals surface area contributed by atoms with Gasteiger partial charge < -0.3 is 5.11 Å². The predicted octanol–water partition coefficient (Wildman–Crippen LogP) is 4.64. The molecular formula is C18H24O. The van der Waals surface area contributed by atoms with Crippen LogP contribution in [0.1, 0.15) is 57.9 Å². The third kappa shape index (κ3) is 1.67. The monoisotopic (exact) mass is 256 g/mol. The first-order chi connectivity index (χ1) is 8.91. The van der Waals surface area contributed by atoms with Crippen molar-refractivity contribution in [1.82, 2.24) is 0 Å². The van der Waals surface area contributed by atoms with Crippen LogP contribution in [0.5, 0.6) is 5.75 Å². The molecule has 1 N–H and O–H groups in total. The van der Waals surface area contributed by atoms with Crippen LogP contribution < -0.4 is 0 Å². The van der Waals surface area contributed by atoms with Gasteiger partial charge in [-0.3, -0.25) is 0 Å². The van der Waals surface area contributed by atoms with E-state index >= 15 is 0 Å². The van der Waals surface area contributed by atoms with Crippen LogP contribution in [0.4, 0.5) is 0 Å². The molecule has 4 aliphatic carbocycles. The van der Waals surface area contributed by atoms with Crippen LogP contribution in [0.25, 0.3) is 0 Å². The summed E-state index contributed by atoms with van der Waals surface area (Å²) in [6.45, 7) is 5.04. The second kappa shape index (κ2) is 3.37. The van der Waals surface area contributed by atoms with Gasteiger partial charge in [0.15, 0.2) is 0 Å². The molecule has 5 rings (SSSR count). The second-order valence-electron chi connectivity index (χ2n) is 8.46. The molecule has 4 aliphatic rings. The fourth-order valence-corrected chi connectivity index (χ4v) is 6.58. The minimum Gasteiger partial charge on any atom is -0.508 e. The molecule has 1 heteroatoms. The van der Waals surface area contributed by atoms with E-state index in [0.717, 1.165) is 5.92 Å². The van der Waals surface area contributed by atoms with E-state index in [0.29, 0.717) is 22.0 Å². The predicted molar refractivity (Wildman–Crippen MR) is 77.2 cm³/mol. The molecule has 4 fully saturated rings. The highest BCUT2D eigenvalue weighted by Crippen LogP contribution is 2.69. The Hall–Kier alpha value is -0.980. The summed E-state index contributed by atoms with van der Waals surface area (Å²) in [5, 5.41) is 9.54. The van der Waals surface area contributed by atoms with Crippen LogP contribution in [0.15, 0.2) is 24.3 Å². The second-order valence-corrected chi connectivity index (χ2v) is 8.46. The lowest BCUT2D eigenvalue weighted by atomic mass is 9.39. The van der Waals surface area contributed by atoms with E-state index in [-0.39, 0.29) is 0 Å². The summed E-state index contributed by atoms with van der Waals surface area (Å²) in [7, 11) is 0. The van der Waals surface area contributed by atoms with Crippen molar-refractivity contribution in [2.75, 3.05) is 0 Å². The van der Waals surface area contributed by atoms with Crippen LogP contribution in [0, 0.1) is 16.7 Å². The van der Waals surface area contributed by atoms with Crippen molar-refractivity contribution in [3.63, 3.8) is 0 Å². The molecule has 2 unspecified atom stereocenters. The molecule has 0 amide bonds. The van der Waals surface area contributed by atoms with Gasteiger partial charge in [0, 0.05) is 0 Å². The summed E-state index contributed by atoms with van der Waals surface area (Å²) in [5.74, 6) is 1.32. The molecule has 4 atom stereocenters. The number of hydrogen-bond acceptors (Lipinski definition) is 1.